The third kappa shape index (κ3) is 6.00. The highest BCUT2D eigenvalue weighted by molar-refractivity contribution is 6.21. The van der Waals surface area contributed by atoms with Crippen molar-refractivity contribution in [1.82, 2.24) is 10.6 Å². The second-order valence-electron chi connectivity index (χ2n) is 5.40. The van der Waals surface area contributed by atoms with Crippen LogP contribution in [-0.4, -0.2) is 38.7 Å². The summed E-state index contributed by atoms with van der Waals surface area (Å²) in [6.45, 7) is -0.575. The predicted molar refractivity (Wildman–Crippen MR) is 101 cm³/mol. The van der Waals surface area contributed by atoms with Gasteiger partial charge in [0.15, 0.2) is 6.61 Å². The molecule has 2 rings (SSSR count). The Hall–Kier alpha value is -3.61. The van der Waals surface area contributed by atoms with E-state index >= 15 is 0 Å². The van der Waals surface area contributed by atoms with E-state index in [2.05, 4.69) is 5.32 Å². The van der Waals surface area contributed by atoms with Gasteiger partial charge in [0.2, 0.25) is 0 Å². The number of amides is 3. The molecule has 0 bridgehead atoms. The van der Waals surface area contributed by atoms with Gasteiger partial charge in [0.25, 0.3) is 5.91 Å². The molecule has 0 aliphatic heterocycles. The fourth-order valence-corrected chi connectivity index (χ4v) is 2.21. The van der Waals surface area contributed by atoms with Crippen molar-refractivity contribution >= 4 is 29.6 Å². The summed E-state index contributed by atoms with van der Waals surface area (Å²) < 4.78 is 10.3. The Kier molecular flexibility index (Phi) is 7.13. The third-order valence-corrected chi connectivity index (χ3v) is 3.52. The summed E-state index contributed by atoms with van der Waals surface area (Å²) in [5, 5.41) is 4.27. The monoisotopic (exact) mass is 368 g/mol. The Balaban J connectivity index is 2.22. The van der Waals surface area contributed by atoms with Crippen LogP contribution >= 0.6 is 0 Å². The Morgan fingerprint density at radius 3 is 2.44 bits per heavy atom. The fraction of sp³-hybridized carbons (Fsp3) is 0.150. The van der Waals surface area contributed by atoms with Crippen LogP contribution in [0.3, 0.4) is 0 Å². The lowest BCUT2D eigenvalue weighted by Gasteiger charge is -2.09. The summed E-state index contributed by atoms with van der Waals surface area (Å²) in [6.07, 6.45) is 1.65. The number of nitrogens with one attached hydrogen (secondary N) is 2. The highest BCUT2D eigenvalue weighted by Gasteiger charge is 2.16. The molecule has 3 amide bonds. The molecule has 27 heavy (non-hydrogen) atoms. The molecule has 0 atom stereocenters. The number of ether oxygens (including phenoxy) is 2. The third-order valence-electron chi connectivity index (χ3n) is 3.52. The maximum absolute atomic E-state index is 12.6. The number of hydrogen-bond donors (Lipinski definition) is 2. The van der Waals surface area contributed by atoms with Gasteiger partial charge in [-0.2, -0.15) is 0 Å². The molecular weight excluding hydrogens is 348 g/mol. The van der Waals surface area contributed by atoms with Crippen molar-refractivity contribution in [3.8, 4) is 5.75 Å². The van der Waals surface area contributed by atoms with Gasteiger partial charge in [0.1, 0.15) is 5.75 Å². The summed E-state index contributed by atoms with van der Waals surface area (Å²) in [5.41, 5.74) is 1.65. The number of benzene rings is 2. The van der Waals surface area contributed by atoms with Crippen molar-refractivity contribution in [3.63, 3.8) is 0 Å². The van der Waals surface area contributed by atoms with Gasteiger partial charge in [0.05, 0.1) is 12.7 Å². The Morgan fingerprint density at radius 2 is 1.78 bits per heavy atom. The first kappa shape index (κ1) is 19.7. The minimum absolute atomic E-state index is 0.275. The standard InChI is InChI=1S/C20H20N2O5/c1-21-20(25)22-18(23)13-27-19(24)17(15-8-4-3-5-9-15)12-14-7-6-10-16(11-14)26-2/h3-12H,13H2,1-2H3,(H2,21,22,23,25). The lowest BCUT2D eigenvalue weighted by atomic mass is 10.0. The first-order valence-electron chi connectivity index (χ1n) is 8.13. The zero-order chi connectivity index (χ0) is 19.6. The van der Waals surface area contributed by atoms with Crippen molar-refractivity contribution in [2.75, 3.05) is 20.8 Å². The number of esters is 1. The highest BCUT2D eigenvalue weighted by Crippen LogP contribution is 2.22. The van der Waals surface area contributed by atoms with Crippen LogP contribution in [0.2, 0.25) is 0 Å². The lowest BCUT2D eigenvalue weighted by molar-refractivity contribution is -0.142. The van der Waals surface area contributed by atoms with E-state index in [1.54, 1.807) is 55.7 Å². The van der Waals surface area contributed by atoms with Gasteiger partial charge in [0, 0.05) is 7.05 Å². The first-order valence-corrected chi connectivity index (χ1v) is 8.13. The molecule has 0 saturated heterocycles. The van der Waals surface area contributed by atoms with Gasteiger partial charge in [-0.15, -0.1) is 0 Å². The van der Waals surface area contributed by atoms with Gasteiger partial charge in [-0.25, -0.2) is 9.59 Å². The van der Waals surface area contributed by atoms with E-state index in [-0.39, 0.29) is 5.57 Å². The molecule has 0 heterocycles. The molecule has 2 aromatic carbocycles. The molecule has 0 aliphatic carbocycles. The van der Waals surface area contributed by atoms with Crippen molar-refractivity contribution < 1.29 is 23.9 Å². The van der Waals surface area contributed by atoms with Crippen LogP contribution in [0.15, 0.2) is 54.6 Å². The Morgan fingerprint density at radius 1 is 1.04 bits per heavy atom. The van der Waals surface area contributed by atoms with E-state index in [1.807, 2.05) is 17.4 Å². The predicted octanol–water partition coefficient (Wildman–Crippen LogP) is 2.23. The second-order valence-corrected chi connectivity index (χ2v) is 5.40. The number of rotatable bonds is 6. The van der Waals surface area contributed by atoms with Crippen LogP contribution < -0.4 is 15.4 Å². The molecule has 0 fully saturated rings. The lowest BCUT2D eigenvalue weighted by Crippen LogP contribution is -2.39. The van der Waals surface area contributed by atoms with Gasteiger partial charge in [-0.05, 0) is 29.3 Å². The molecule has 7 heteroatoms. The SMILES string of the molecule is CNC(=O)NC(=O)COC(=O)C(=Cc1cccc(OC)c1)c1ccccc1. The van der Waals surface area contributed by atoms with Crippen LogP contribution in [0.1, 0.15) is 11.1 Å². The van der Waals surface area contributed by atoms with E-state index in [0.717, 1.165) is 5.56 Å². The van der Waals surface area contributed by atoms with Crippen LogP contribution in [0.4, 0.5) is 4.79 Å². The van der Waals surface area contributed by atoms with E-state index in [4.69, 9.17) is 9.47 Å². The molecule has 0 unspecified atom stereocenters. The first-order chi connectivity index (χ1) is 13.0. The maximum atomic E-state index is 12.6. The smallest absolute Gasteiger partial charge is 0.339 e. The van der Waals surface area contributed by atoms with Crippen LogP contribution in [0.25, 0.3) is 11.6 Å². The highest BCUT2D eigenvalue weighted by atomic mass is 16.5. The summed E-state index contributed by atoms with van der Waals surface area (Å²) in [7, 11) is 2.93. The largest absolute Gasteiger partial charge is 0.497 e. The number of imide groups is 1. The van der Waals surface area contributed by atoms with Crippen LogP contribution in [0.5, 0.6) is 5.75 Å². The molecule has 2 N–H and O–H groups in total. The number of urea groups is 1. The van der Waals surface area contributed by atoms with E-state index in [9.17, 15) is 14.4 Å². The fourth-order valence-electron chi connectivity index (χ4n) is 2.21. The average Bonchev–Trinajstić information content (AvgIpc) is 2.70. The summed E-state index contributed by atoms with van der Waals surface area (Å²) in [6, 6.07) is 15.4. The van der Waals surface area contributed by atoms with Crippen LogP contribution in [0, 0.1) is 0 Å². The van der Waals surface area contributed by atoms with Crippen molar-refractivity contribution in [2.45, 2.75) is 0 Å². The molecule has 0 aliphatic rings. The van der Waals surface area contributed by atoms with Crippen molar-refractivity contribution in [2.24, 2.45) is 0 Å². The van der Waals surface area contributed by atoms with Crippen molar-refractivity contribution in [3.05, 3.63) is 65.7 Å². The van der Waals surface area contributed by atoms with E-state index in [1.165, 1.54) is 7.05 Å². The van der Waals surface area contributed by atoms with E-state index < -0.39 is 24.5 Å². The molecule has 2 aromatic rings. The Bertz CT molecular complexity index is 846. The number of methoxy groups -OCH3 is 1. The number of carbonyl (C=O) groups excluding carboxylic acids is 3. The summed E-state index contributed by atoms with van der Waals surface area (Å²) in [4.78, 5) is 35.3. The zero-order valence-electron chi connectivity index (χ0n) is 15.0. The number of hydrogen-bond acceptors (Lipinski definition) is 5. The average molecular weight is 368 g/mol. The second kappa shape index (κ2) is 9.76. The van der Waals surface area contributed by atoms with Crippen molar-refractivity contribution in [1.29, 1.82) is 0 Å². The molecule has 140 valence electrons. The van der Waals surface area contributed by atoms with E-state index in [0.29, 0.717) is 11.3 Å². The normalized spacial score (nSPS) is 10.7. The molecular formula is C20H20N2O5. The van der Waals surface area contributed by atoms with Gasteiger partial charge in [-0.3, -0.25) is 10.1 Å². The summed E-state index contributed by atoms with van der Waals surface area (Å²) >= 11 is 0. The van der Waals surface area contributed by atoms with Gasteiger partial charge < -0.3 is 14.8 Å². The van der Waals surface area contributed by atoms with Gasteiger partial charge in [-0.1, -0.05) is 42.5 Å². The topological polar surface area (TPSA) is 93.7 Å². The summed E-state index contributed by atoms with van der Waals surface area (Å²) in [5.74, 6) is -0.762. The molecule has 0 saturated carbocycles. The van der Waals surface area contributed by atoms with Gasteiger partial charge >= 0.3 is 12.0 Å². The molecule has 0 aromatic heterocycles. The zero-order valence-corrected chi connectivity index (χ0v) is 15.0. The quantitative estimate of drug-likeness (QED) is 0.463. The number of carbonyl (C=O) groups is 3. The maximum Gasteiger partial charge on any atom is 0.339 e. The van der Waals surface area contributed by atoms with Crippen LogP contribution in [-0.2, 0) is 14.3 Å². The minimum Gasteiger partial charge on any atom is -0.497 e. The molecule has 0 spiro atoms. The Labute approximate surface area is 157 Å². The molecule has 7 nitrogen and oxygen atoms in total. The molecule has 0 radical (unpaired) electrons. The minimum atomic E-state index is -0.725.